The smallest absolute Gasteiger partial charge is 0.191 e. The fourth-order valence-corrected chi connectivity index (χ4v) is 3.55. The zero-order chi connectivity index (χ0) is 15.6. The summed E-state index contributed by atoms with van der Waals surface area (Å²) in [6.45, 7) is 1.89. The molecule has 1 saturated carbocycles. The highest BCUT2D eigenvalue weighted by molar-refractivity contribution is 7.99. The molecular weight excluding hydrogens is 292 g/mol. The lowest BCUT2D eigenvalue weighted by molar-refractivity contribution is 0.613. The van der Waals surface area contributed by atoms with E-state index >= 15 is 0 Å². The van der Waals surface area contributed by atoms with Crippen LogP contribution in [0.3, 0.4) is 0 Å². The molecule has 5 heteroatoms. The average Bonchev–Trinajstić information content (AvgIpc) is 3.02. The van der Waals surface area contributed by atoms with Gasteiger partial charge in [-0.05, 0) is 44.1 Å². The molecule has 2 unspecified atom stereocenters. The Hall–Kier alpha value is -1.36. The number of para-hydroxylation sites is 1. The third kappa shape index (κ3) is 5.79. The lowest BCUT2D eigenvalue weighted by Gasteiger charge is -2.17. The molecule has 1 fully saturated rings. The van der Waals surface area contributed by atoms with Crippen LogP contribution in [0.2, 0.25) is 0 Å². The Morgan fingerprint density at radius 3 is 2.73 bits per heavy atom. The van der Waals surface area contributed by atoms with Crippen molar-refractivity contribution in [2.45, 2.75) is 37.0 Å². The lowest BCUT2D eigenvalue weighted by atomic mass is 10.2. The summed E-state index contributed by atoms with van der Waals surface area (Å²) in [4.78, 5) is 4.33. The van der Waals surface area contributed by atoms with E-state index in [0.717, 1.165) is 30.7 Å². The zero-order valence-electron chi connectivity index (χ0n) is 13.6. The van der Waals surface area contributed by atoms with E-state index in [1.54, 1.807) is 0 Å². The number of guanidine groups is 1. The third-order valence-electron chi connectivity index (χ3n) is 4.03. The maximum absolute atomic E-state index is 4.33. The van der Waals surface area contributed by atoms with Crippen LogP contribution in [-0.2, 0) is 0 Å². The molecule has 0 spiro atoms. The SMILES string of the molecule is CN=C(NCCCNc1ccccc1)NC1CCC(SC)C1. The second-order valence-electron chi connectivity index (χ2n) is 5.66. The van der Waals surface area contributed by atoms with Crippen molar-refractivity contribution >= 4 is 23.4 Å². The molecule has 1 aromatic carbocycles. The highest BCUT2D eigenvalue weighted by atomic mass is 32.2. The third-order valence-corrected chi connectivity index (χ3v) is 5.13. The maximum atomic E-state index is 4.33. The molecule has 2 atom stereocenters. The van der Waals surface area contributed by atoms with Gasteiger partial charge in [0.25, 0.3) is 0 Å². The largest absolute Gasteiger partial charge is 0.385 e. The van der Waals surface area contributed by atoms with Crippen LogP contribution >= 0.6 is 11.8 Å². The van der Waals surface area contributed by atoms with Crippen molar-refractivity contribution in [3.63, 3.8) is 0 Å². The first kappa shape index (κ1) is 17.0. The predicted molar refractivity (Wildman–Crippen MR) is 99.0 cm³/mol. The molecule has 0 bridgehead atoms. The average molecular weight is 321 g/mol. The number of thioether (sulfide) groups is 1. The van der Waals surface area contributed by atoms with Crippen LogP contribution in [0.5, 0.6) is 0 Å². The van der Waals surface area contributed by atoms with Crippen LogP contribution in [-0.4, -0.2) is 43.6 Å². The number of benzene rings is 1. The number of anilines is 1. The second kappa shape index (κ2) is 9.62. The molecule has 4 nitrogen and oxygen atoms in total. The summed E-state index contributed by atoms with van der Waals surface area (Å²) in [7, 11) is 1.85. The van der Waals surface area contributed by atoms with Gasteiger partial charge in [0.15, 0.2) is 5.96 Å². The molecule has 0 heterocycles. The van der Waals surface area contributed by atoms with E-state index < -0.39 is 0 Å². The van der Waals surface area contributed by atoms with Crippen molar-refractivity contribution < 1.29 is 0 Å². The fourth-order valence-electron chi connectivity index (χ4n) is 2.76. The molecule has 0 amide bonds. The number of aliphatic imine (C=N–C) groups is 1. The summed E-state index contributed by atoms with van der Waals surface area (Å²) in [6, 6.07) is 10.9. The van der Waals surface area contributed by atoms with Crippen molar-refractivity contribution in [1.29, 1.82) is 0 Å². The van der Waals surface area contributed by atoms with Gasteiger partial charge in [0.2, 0.25) is 0 Å². The standard InChI is InChI=1S/C17H28N4S/c1-18-17(21-15-9-10-16(13-15)22-2)20-12-6-11-19-14-7-4-3-5-8-14/h3-5,7-8,15-16,19H,6,9-13H2,1-2H3,(H2,18,20,21). The first-order valence-corrected chi connectivity index (χ1v) is 9.39. The van der Waals surface area contributed by atoms with Gasteiger partial charge in [-0.1, -0.05) is 18.2 Å². The molecule has 122 valence electrons. The molecule has 0 aromatic heterocycles. The minimum absolute atomic E-state index is 0.575. The monoisotopic (exact) mass is 320 g/mol. The van der Waals surface area contributed by atoms with E-state index in [-0.39, 0.29) is 0 Å². The number of hydrogen-bond acceptors (Lipinski definition) is 3. The topological polar surface area (TPSA) is 48.5 Å². The Balaban J connectivity index is 1.59. The molecular formula is C17H28N4S. The van der Waals surface area contributed by atoms with E-state index in [2.05, 4.69) is 51.5 Å². The summed E-state index contributed by atoms with van der Waals surface area (Å²) in [5.74, 6) is 0.937. The minimum Gasteiger partial charge on any atom is -0.385 e. The first-order chi connectivity index (χ1) is 10.8. The Bertz CT molecular complexity index is 449. The molecule has 2 rings (SSSR count). The molecule has 0 aliphatic heterocycles. The predicted octanol–water partition coefficient (Wildman–Crippen LogP) is 2.94. The van der Waals surface area contributed by atoms with Gasteiger partial charge in [-0.2, -0.15) is 11.8 Å². The van der Waals surface area contributed by atoms with Crippen LogP contribution in [0.15, 0.2) is 35.3 Å². The second-order valence-corrected chi connectivity index (χ2v) is 6.80. The van der Waals surface area contributed by atoms with Gasteiger partial charge in [0.05, 0.1) is 0 Å². The zero-order valence-corrected chi connectivity index (χ0v) is 14.5. The lowest BCUT2D eigenvalue weighted by Crippen LogP contribution is -2.43. The number of rotatable bonds is 7. The number of nitrogens with zero attached hydrogens (tertiary/aromatic N) is 1. The molecule has 3 N–H and O–H groups in total. The molecule has 0 saturated heterocycles. The van der Waals surface area contributed by atoms with Crippen molar-refractivity contribution in [2.75, 3.05) is 31.7 Å². The van der Waals surface area contributed by atoms with E-state index in [0.29, 0.717) is 6.04 Å². The van der Waals surface area contributed by atoms with Crippen LogP contribution in [0.1, 0.15) is 25.7 Å². The summed E-state index contributed by atoms with van der Waals surface area (Å²) >= 11 is 1.98. The van der Waals surface area contributed by atoms with Gasteiger partial charge in [0, 0.05) is 37.1 Å². The minimum atomic E-state index is 0.575. The van der Waals surface area contributed by atoms with Crippen LogP contribution in [0.4, 0.5) is 5.69 Å². The normalized spacial score (nSPS) is 21.6. The summed E-state index contributed by atoms with van der Waals surface area (Å²) in [5, 5.41) is 11.2. The fraction of sp³-hybridized carbons (Fsp3) is 0.588. The molecule has 1 aromatic rings. The van der Waals surface area contributed by atoms with Crippen LogP contribution in [0, 0.1) is 0 Å². The highest BCUT2D eigenvalue weighted by Gasteiger charge is 2.24. The Morgan fingerprint density at radius 1 is 1.23 bits per heavy atom. The summed E-state index contributed by atoms with van der Waals surface area (Å²) in [5.41, 5.74) is 1.18. The van der Waals surface area contributed by atoms with Gasteiger partial charge >= 0.3 is 0 Å². The highest BCUT2D eigenvalue weighted by Crippen LogP contribution is 2.27. The maximum Gasteiger partial charge on any atom is 0.191 e. The van der Waals surface area contributed by atoms with Crippen molar-refractivity contribution in [3.05, 3.63) is 30.3 Å². The molecule has 1 aliphatic carbocycles. The van der Waals surface area contributed by atoms with Gasteiger partial charge in [-0.3, -0.25) is 4.99 Å². The summed E-state index contributed by atoms with van der Waals surface area (Å²) < 4.78 is 0. The Labute approximate surface area is 138 Å². The van der Waals surface area contributed by atoms with E-state index in [1.165, 1.54) is 24.9 Å². The van der Waals surface area contributed by atoms with Crippen LogP contribution in [0.25, 0.3) is 0 Å². The molecule has 0 radical (unpaired) electrons. The van der Waals surface area contributed by atoms with Gasteiger partial charge in [-0.25, -0.2) is 0 Å². The van der Waals surface area contributed by atoms with E-state index in [4.69, 9.17) is 0 Å². The van der Waals surface area contributed by atoms with Gasteiger partial charge in [-0.15, -0.1) is 0 Å². The number of nitrogens with one attached hydrogen (secondary N) is 3. The Kier molecular flexibility index (Phi) is 7.43. The summed E-state index contributed by atoms with van der Waals surface area (Å²) in [6.07, 6.45) is 7.09. The van der Waals surface area contributed by atoms with Crippen molar-refractivity contribution in [3.8, 4) is 0 Å². The quantitative estimate of drug-likeness (QED) is 0.411. The molecule has 1 aliphatic rings. The van der Waals surface area contributed by atoms with E-state index in [1.807, 2.05) is 24.9 Å². The van der Waals surface area contributed by atoms with Gasteiger partial charge in [0.1, 0.15) is 0 Å². The van der Waals surface area contributed by atoms with Gasteiger partial charge < -0.3 is 16.0 Å². The number of hydrogen-bond donors (Lipinski definition) is 3. The Morgan fingerprint density at radius 2 is 2.05 bits per heavy atom. The molecule has 22 heavy (non-hydrogen) atoms. The van der Waals surface area contributed by atoms with E-state index in [9.17, 15) is 0 Å². The van der Waals surface area contributed by atoms with Crippen LogP contribution < -0.4 is 16.0 Å². The van der Waals surface area contributed by atoms with Crippen molar-refractivity contribution in [1.82, 2.24) is 10.6 Å². The van der Waals surface area contributed by atoms with Crippen molar-refractivity contribution in [2.24, 2.45) is 4.99 Å². The first-order valence-electron chi connectivity index (χ1n) is 8.10.